The zero-order valence-corrected chi connectivity index (χ0v) is 17.1. The van der Waals surface area contributed by atoms with Crippen molar-refractivity contribution in [2.45, 2.75) is 6.42 Å². The molecule has 0 radical (unpaired) electrons. The van der Waals surface area contributed by atoms with Crippen LogP contribution in [-0.4, -0.2) is 37.7 Å². The van der Waals surface area contributed by atoms with Gasteiger partial charge in [0, 0.05) is 10.9 Å². The summed E-state index contributed by atoms with van der Waals surface area (Å²) in [5.41, 5.74) is 1.65. The third-order valence-corrected chi connectivity index (χ3v) is 4.84. The number of aromatic nitrogens is 1. The summed E-state index contributed by atoms with van der Waals surface area (Å²) in [6, 6.07) is 11.3. The van der Waals surface area contributed by atoms with E-state index in [-0.39, 0.29) is 12.0 Å². The molecule has 3 rings (SSSR count). The van der Waals surface area contributed by atoms with Crippen LogP contribution in [0.1, 0.15) is 5.56 Å². The molecule has 0 fully saturated rings. The Kier molecular flexibility index (Phi) is 6.97. The number of carbonyl (C=O) groups excluding carboxylic acids is 2. The fourth-order valence-corrected chi connectivity index (χ4v) is 3.34. The number of amides is 1. The lowest BCUT2D eigenvalue weighted by atomic mass is 10.1. The molecule has 0 aliphatic heterocycles. The molecule has 1 N–H and O–H groups in total. The predicted molar refractivity (Wildman–Crippen MR) is 110 cm³/mol. The van der Waals surface area contributed by atoms with Gasteiger partial charge < -0.3 is 14.2 Å². The van der Waals surface area contributed by atoms with Crippen molar-refractivity contribution in [2.24, 2.45) is 0 Å². The van der Waals surface area contributed by atoms with E-state index >= 15 is 0 Å². The van der Waals surface area contributed by atoms with Gasteiger partial charge in [0.15, 0.2) is 23.2 Å². The topological polar surface area (TPSA) is 86.8 Å². The summed E-state index contributed by atoms with van der Waals surface area (Å²) in [6.45, 7) is -0.488. The molecule has 0 atom stereocenters. The number of hydrogen-bond donors (Lipinski definition) is 1. The summed E-state index contributed by atoms with van der Waals surface area (Å²) in [5, 5.41) is 4.71. The van der Waals surface area contributed by atoms with Crippen LogP contribution in [0.25, 0.3) is 11.3 Å². The zero-order chi connectivity index (χ0) is 21.5. The summed E-state index contributed by atoms with van der Waals surface area (Å²) < 4.78 is 29.0. The van der Waals surface area contributed by atoms with Crippen LogP contribution in [0, 0.1) is 5.82 Å². The van der Waals surface area contributed by atoms with E-state index in [1.165, 1.54) is 29.5 Å². The largest absolute Gasteiger partial charge is 0.493 e. The van der Waals surface area contributed by atoms with E-state index in [9.17, 15) is 14.0 Å². The number of nitrogens with one attached hydrogen (secondary N) is 1. The van der Waals surface area contributed by atoms with Crippen LogP contribution < -0.4 is 14.8 Å². The summed E-state index contributed by atoms with van der Waals surface area (Å²) in [7, 11) is 3.10. The molecule has 7 nitrogen and oxygen atoms in total. The third-order valence-electron chi connectivity index (χ3n) is 4.09. The minimum Gasteiger partial charge on any atom is -0.493 e. The number of hydrogen-bond acceptors (Lipinski definition) is 7. The maximum Gasteiger partial charge on any atom is 0.310 e. The van der Waals surface area contributed by atoms with Crippen molar-refractivity contribution >= 4 is 28.3 Å². The molecule has 1 aromatic heterocycles. The summed E-state index contributed by atoms with van der Waals surface area (Å²) >= 11 is 1.23. The first kappa shape index (κ1) is 21.3. The summed E-state index contributed by atoms with van der Waals surface area (Å²) in [4.78, 5) is 28.2. The van der Waals surface area contributed by atoms with Crippen molar-refractivity contribution in [3.63, 3.8) is 0 Å². The van der Waals surface area contributed by atoms with Crippen LogP contribution in [0.15, 0.2) is 47.8 Å². The number of esters is 1. The van der Waals surface area contributed by atoms with Crippen molar-refractivity contribution < 1.29 is 28.2 Å². The zero-order valence-electron chi connectivity index (χ0n) is 16.3. The number of nitrogens with zero attached hydrogens (tertiary/aromatic N) is 1. The van der Waals surface area contributed by atoms with E-state index in [1.807, 2.05) is 6.07 Å². The fourth-order valence-electron chi connectivity index (χ4n) is 2.61. The van der Waals surface area contributed by atoms with Crippen molar-refractivity contribution in [3.8, 4) is 22.8 Å². The van der Waals surface area contributed by atoms with Gasteiger partial charge in [0.05, 0.1) is 26.3 Å². The quantitative estimate of drug-likeness (QED) is 0.549. The molecule has 0 aliphatic rings. The van der Waals surface area contributed by atoms with Gasteiger partial charge in [0.1, 0.15) is 5.82 Å². The lowest BCUT2D eigenvalue weighted by Gasteiger charge is -2.08. The van der Waals surface area contributed by atoms with Gasteiger partial charge in [-0.25, -0.2) is 9.37 Å². The number of ether oxygens (including phenoxy) is 3. The number of thiazole rings is 1. The molecule has 0 saturated heterocycles. The smallest absolute Gasteiger partial charge is 0.310 e. The van der Waals surface area contributed by atoms with Gasteiger partial charge in [-0.1, -0.05) is 18.2 Å². The highest BCUT2D eigenvalue weighted by Crippen LogP contribution is 2.33. The second-order valence-electron chi connectivity index (χ2n) is 6.08. The Morgan fingerprint density at radius 1 is 1.10 bits per heavy atom. The van der Waals surface area contributed by atoms with E-state index in [0.717, 1.165) is 5.56 Å². The highest BCUT2D eigenvalue weighted by molar-refractivity contribution is 7.14. The lowest BCUT2D eigenvalue weighted by Crippen LogP contribution is -2.21. The average molecular weight is 430 g/mol. The van der Waals surface area contributed by atoms with Crippen LogP contribution >= 0.6 is 11.3 Å². The van der Waals surface area contributed by atoms with E-state index in [0.29, 0.717) is 22.3 Å². The van der Waals surface area contributed by atoms with Crippen LogP contribution in [0.4, 0.5) is 9.52 Å². The maximum atomic E-state index is 13.6. The number of methoxy groups -OCH3 is 2. The Morgan fingerprint density at radius 3 is 2.60 bits per heavy atom. The fraction of sp³-hybridized carbons (Fsp3) is 0.190. The summed E-state index contributed by atoms with van der Waals surface area (Å²) in [6.07, 6.45) is -0.249. The Morgan fingerprint density at radius 2 is 1.87 bits per heavy atom. The Bertz CT molecular complexity index is 1050. The van der Waals surface area contributed by atoms with Crippen LogP contribution in [0.5, 0.6) is 11.5 Å². The first-order valence-corrected chi connectivity index (χ1v) is 9.75. The van der Waals surface area contributed by atoms with Crippen molar-refractivity contribution in [1.82, 2.24) is 4.98 Å². The first-order valence-electron chi connectivity index (χ1n) is 8.87. The van der Waals surface area contributed by atoms with Gasteiger partial charge in [-0.05, 0) is 29.8 Å². The average Bonchev–Trinajstić information content (AvgIpc) is 3.21. The standard InChI is InChI=1S/C21H19FN2O5S/c1-27-17-8-7-14(9-18(17)28-2)16-12-30-21(23-16)24-19(25)11-29-20(26)10-13-5-3-4-6-15(13)22/h3-9,12H,10-11H2,1-2H3,(H,23,24,25). The van der Waals surface area contributed by atoms with Crippen molar-refractivity contribution in [3.05, 3.63) is 59.2 Å². The number of halogens is 1. The number of benzene rings is 2. The molecule has 30 heavy (non-hydrogen) atoms. The van der Waals surface area contributed by atoms with Crippen LogP contribution in [-0.2, 0) is 20.7 Å². The number of carbonyl (C=O) groups is 2. The molecule has 9 heteroatoms. The lowest BCUT2D eigenvalue weighted by molar-refractivity contribution is -0.146. The molecule has 0 aliphatic carbocycles. The molecule has 0 unspecified atom stereocenters. The molecular formula is C21H19FN2O5S. The predicted octanol–water partition coefficient (Wildman–Crippen LogP) is 3.69. The third kappa shape index (κ3) is 5.32. The molecule has 0 saturated carbocycles. The molecule has 2 aromatic carbocycles. The number of rotatable bonds is 8. The van der Waals surface area contributed by atoms with Crippen LogP contribution in [0.2, 0.25) is 0 Å². The molecular weight excluding hydrogens is 411 g/mol. The van der Waals surface area contributed by atoms with E-state index < -0.39 is 24.3 Å². The van der Waals surface area contributed by atoms with E-state index in [2.05, 4.69) is 10.3 Å². The normalized spacial score (nSPS) is 10.4. The second-order valence-corrected chi connectivity index (χ2v) is 6.94. The molecule has 0 spiro atoms. The van der Waals surface area contributed by atoms with Gasteiger partial charge in [-0.15, -0.1) is 11.3 Å². The second kappa shape index (κ2) is 9.84. The molecule has 1 heterocycles. The van der Waals surface area contributed by atoms with Gasteiger partial charge in [-0.2, -0.15) is 0 Å². The highest BCUT2D eigenvalue weighted by atomic mass is 32.1. The highest BCUT2D eigenvalue weighted by Gasteiger charge is 2.14. The maximum absolute atomic E-state index is 13.6. The Balaban J connectivity index is 1.55. The van der Waals surface area contributed by atoms with E-state index in [1.54, 1.807) is 37.8 Å². The van der Waals surface area contributed by atoms with Gasteiger partial charge in [-0.3, -0.25) is 14.9 Å². The summed E-state index contributed by atoms with van der Waals surface area (Å²) in [5.74, 6) is -0.563. The minimum atomic E-state index is -0.694. The first-order chi connectivity index (χ1) is 14.5. The monoisotopic (exact) mass is 430 g/mol. The molecule has 156 valence electrons. The van der Waals surface area contributed by atoms with Crippen molar-refractivity contribution in [2.75, 3.05) is 26.1 Å². The van der Waals surface area contributed by atoms with E-state index in [4.69, 9.17) is 14.2 Å². The van der Waals surface area contributed by atoms with Gasteiger partial charge in [0.2, 0.25) is 0 Å². The molecule has 0 bridgehead atoms. The van der Waals surface area contributed by atoms with Crippen molar-refractivity contribution in [1.29, 1.82) is 0 Å². The Labute approximate surface area is 176 Å². The van der Waals surface area contributed by atoms with Gasteiger partial charge >= 0.3 is 5.97 Å². The Hall–Kier alpha value is -3.46. The SMILES string of the molecule is COc1ccc(-c2csc(NC(=O)COC(=O)Cc3ccccc3F)n2)cc1OC. The minimum absolute atomic E-state index is 0.211. The molecule has 3 aromatic rings. The molecule has 1 amide bonds. The number of anilines is 1. The van der Waals surface area contributed by atoms with Gasteiger partial charge in [0.25, 0.3) is 5.91 Å². The van der Waals surface area contributed by atoms with Crippen LogP contribution in [0.3, 0.4) is 0 Å².